The molecule has 1 N–H and O–H groups in total. The third kappa shape index (κ3) is 2.55. The first kappa shape index (κ1) is 11.0. The van der Waals surface area contributed by atoms with Crippen LogP contribution in [0.5, 0.6) is 5.75 Å². The summed E-state index contributed by atoms with van der Waals surface area (Å²) in [5, 5.41) is 5.52. The van der Waals surface area contributed by atoms with Gasteiger partial charge in [0.25, 0.3) is 0 Å². The Hall–Kier alpha value is -1.48. The monoisotopic (exact) mass is 233 g/mol. The fourth-order valence-corrected chi connectivity index (χ4v) is 2.20. The van der Waals surface area contributed by atoms with Crippen molar-refractivity contribution in [2.45, 2.75) is 13.5 Å². The number of hydrogen-bond acceptors (Lipinski definition) is 3. The highest BCUT2D eigenvalue weighted by atomic mass is 32.1. The normalized spacial score (nSPS) is 10.1. The van der Waals surface area contributed by atoms with Crippen molar-refractivity contribution in [1.29, 1.82) is 0 Å². The highest BCUT2D eigenvalue weighted by molar-refractivity contribution is 7.09. The molecule has 0 saturated carbocycles. The lowest BCUT2D eigenvalue weighted by Crippen LogP contribution is -1.99. The zero-order valence-corrected chi connectivity index (χ0v) is 10.3. The van der Waals surface area contributed by atoms with Crippen LogP contribution in [0.25, 0.3) is 0 Å². The number of rotatable bonds is 4. The second-order valence-electron chi connectivity index (χ2n) is 3.61. The lowest BCUT2D eigenvalue weighted by Gasteiger charge is -2.09. The van der Waals surface area contributed by atoms with E-state index in [2.05, 4.69) is 35.8 Å². The van der Waals surface area contributed by atoms with Crippen LogP contribution in [0.15, 0.2) is 35.7 Å². The molecule has 2 nitrogen and oxygen atoms in total. The van der Waals surface area contributed by atoms with Crippen molar-refractivity contribution in [3.8, 4) is 5.75 Å². The van der Waals surface area contributed by atoms with E-state index in [4.69, 9.17) is 4.74 Å². The molecule has 0 amide bonds. The molecular formula is C13H15NOS. The number of aryl methyl sites for hydroxylation is 1. The van der Waals surface area contributed by atoms with Crippen molar-refractivity contribution in [2.24, 2.45) is 0 Å². The van der Waals surface area contributed by atoms with E-state index in [0.717, 1.165) is 18.0 Å². The van der Waals surface area contributed by atoms with Gasteiger partial charge in [-0.3, -0.25) is 0 Å². The van der Waals surface area contributed by atoms with Crippen LogP contribution in [0.3, 0.4) is 0 Å². The summed E-state index contributed by atoms with van der Waals surface area (Å²) in [4.78, 5) is 1.34. The van der Waals surface area contributed by atoms with Crippen molar-refractivity contribution >= 4 is 17.0 Å². The van der Waals surface area contributed by atoms with Gasteiger partial charge in [0.1, 0.15) is 5.75 Å². The predicted octanol–water partition coefficient (Wildman–Crippen LogP) is 3.68. The zero-order valence-electron chi connectivity index (χ0n) is 9.49. The number of thiophene rings is 1. The van der Waals surface area contributed by atoms with Crippen LogP contribution in [-0.4, -0.2) is 7.11 Å². The molecule has 0 fully saturated rings. The van der Waals surface area contributed by atoms with Crippen LogP contribution >= 0.6 is 11.3 Å². The Morgan fingerprint density at radius 3 is 2.81 bits per heavy atom. The largest absolute Gasteiger partial charge is 0.497 e. The molecule has 0 unspecified atom stereocenters. The fraction of sp³-hybridized carbons (Fsp3) is 0.231. The summed E-state index contributed by atoms with van der Waals surface area (Å²) in [6.45, 7) is 2.96. The Bertz CT molecular complexity index is 451. The van der Waals surface area contributed by atoms with Crippen molar-refractivity contribution in [3.05, 3.63) is 46.2 Å². The van der Waals surface area contributed by atoms with Gasteiger partial charge in [-0.05, 0) is 42.1 Å². The van der Waals surface area contributed by atoms with E-state index >= 15 is 0 Å². The topological polar surface area (TPSA) is 21.3 Å². The summed E-state index contributed by atoms with van der Waals surface area (Å²) in [7, 11) is 1.69. The van der Waals surface area contributed by atoms with Gasteiger partial charge < -0.3 is 10.1 Å². The number of benzene rings is 1. The molecule has 3 heteroatoms. The van der Waals surface area contributed by atoms with Crippen LogP contribution in [0.4, 0.5) is 5.69 Å². The Morgan fingerprint density at radius 2 is 2.19 bits per heavy atom. The quantitative estimate of drug-likeness (QED) is 0.869. The molecular weight excluding hydrogens is 218 g/mol. The van der Waals surface area contributed by atoms with Crippen LogP contribution < -0.4 is 10.1 Å². The molecule has 0 atom stereocenters. The van der Waals surface area contributed by atoms with E-state index in [1.807, 2.05) is 12.1 Å². The van der Waals surface area contributed by atoms with Gasteiger partial charge in [0.15, 0.2) is 0 Å². The summed E-state index contributed by atoms with van der Waals surface area (Å²) in [5.74, 6) is 0.902. The van der Waals surface area contributed by atoms with Gasteiger partial charge >= 0.3 is 0 Å². The standard InChI is InChI=1S/C13H15NOS/c1-10-8-11(15-2)5-6-13(10)14-9-12-4-3-7-16-12/h3-8,14H,9H2,1-2H3. The lowest BCUT2D eigenvalue weighted by atomic mass is 10.2. The molecule has 16 heavy (non-hydrogen) atoms. The van der Waals surface area contributed by atoms with Crippen molar-refractivity contribution in [3.63, 3.8) is 0 Å². The summed E-state index contributed by atoms with van der Waals surface area (Å²) in [6, 6.07) is 10.3. The maximum Gasteiger partial charge on any atom is 0.119 e. The average molecular weight is 233 g/mol. The average Bonchev–Trinajstić information content (AvgIpc) is 2.80. The minimum Gasteiger partial charge on any atom is -0.497 e. The van der Waals surface area contributed by atoms with Crippen LogP contribution in [0, 0.1) is 6.92 Å². The van der Waals surface area contributed by atoms with Gasteiger partial charge in [-0.2, -0.15) is 0 Å². The van der Waals surface area contributed by atoms with Crippen LogP contribution in [-0.2, 0) is 6.54 Å². The van der Waals surface area contributed by atoms with Gasteiger partial charge in [0, 0.05) is 17.1 Å². The Morgan fingerprint density at radius 1 is 1.31 bits per heavy atom. The third-order valence-corrected chi connectivity index (χ3v) is 3.34. The summed E-state index contributed by atoms with van der Waals surface area (Å²) in [5.41, 5.74) is 2.37. The Balaban J connectivity index is 2.04. The molecule has 0 radical (unpaired) electrons. The maximum atomic E-state index is 5.17. The van der Waals surface area contributed by atoms with Crippen molar-refractivity contribution in [2.75, 3.05) is 12.4 Å². The van der Waals surface area contributed by atoms with Gasteiger partial charge in [0.05, 0.1) is 7.11 Å². The molecule has 0 aliphatic rings. The first-order valence-corrected chi connectivity index (χ1v) is 6.08. The van der Waals surface area contributed by atoms with E-state index < -0.39 is 0 Å². The van der Waals surface area contributed by atoms with Gasteiger partial charge in [0.2, 0.25) is 0 Å². The first-order chi connectivity index (χ1) is 7.79. The number of hydrogen-bond donors (Lipinski definition) is 1. The molecule has 1 aromatic carbocycles. The van der Waals surface area contributed by atoms with E-state index in [0.29, 0.717) is 0 Å². The summed E-state index contributed by atoms with van der Waals surface area (Å²) < 4.78 is 5.17. The SMILES string of the molecule is COc1ccc(NCc2cccs2)c(C)c1. The van der Waals surface area contributed by atoms with Crippen LogP contribution in [0.2, 0.25) is 0 Å². The maximum absolute atomic E-state index is 5.17. The molecule has 0 spiro atoms. The van der Waals surface area contributed by atoms with E-state index in [1.165, 1.54) is 10.4 Å². The smallest absolute Gasteiger partial charge is 0.119 e. The van der Waals surface area contributed by atoms with Gasteiger partial charge in [-0.1, -0.05) is 6.07 Å². The summed E-state index contributed by atoms with van der Waals surface area (Å²) >= 11 is 1.77. The van der Waals surface area contributed by atoms with Crippen LogP contribution in [0.1, 0.15) is 10.4 Å². The zero-order chi connectivity index (χ0) is 11.4. The molecule has 0 saturated heterocycles. The Kier molecular flexibility index (Phi) is 3.47. The predicted molar refractivity (Wildman–Crippen MR) is 69.4 cm³/mol. The number of nitrogens with one attached hydrogen (secondary N) is 1. The number of ether oxygens (including phenoxy) is 1. The fourth-order valence-electron chi connectivity index (χ4n) is 1.56. The highest BCUT2D eigenvalue weighted by Crippen LogP contribution is 2.22. The summed E-state index contributed by atoms with van der Waals surface area (Å²) in [6.07, 6.45) is 0. The molecule has 1 heterocycles. The number of anilines is 1. The minimum atomic E-state index is 0.880. The molecule has 0 aliphatic heterocycles. The highest BCUT2D eigenvalue weighted by Gasteiger charge is 2.00. The minimum absolute atomic E-state index is 0.880. The third-order valence-electron chi connectivity index (χ3n) is 2.47. The second-order valence-corrected chi connectivity index (χ2v) is 4.65. The molecule has 0 aliphatic carbocycles. The molecule has 1 aromatic heterocycles. The van der Waals surface area contributed by atoms with Gasteiger partial charge in [-0.25, -0.2) is 0 Å². The molecule has 2 aromatic rings. The molecule has 84 valence electrons. The van der Waals surface area contributed by atoms with E-state index in [1.54, 1.807) is 18.4 Å². The first-order valence-electron chi connectivity index (χ1n) is 5.20. The lowest BCUT2D eigenvalue weighted by molar-refractivity contribution is 0.414. The molecule has 0 bridgehead atoms. The van der Waals surface area contributed by atoms with Gasteiger partial charge in [-0.15, -0.1) is 11.3 Å². The second kappa shape index (κ2) is 5.03. The number of methoxy groups -OCH3 is 1. The van der Waals surface area contributed by atoms with Crippen molar-refractivity contribution in [1.82, 2.24) is 0 Å². The van der Waals surface area contributed by atoms with Crippen molar-refractivity contribution < 1.29 is 4.74 Å². The van der Waals surface area contributed by atoms with E-state index in [-0.39, 0.29) is 0 Å². The molecule has 2 rings (SSSR count). The Labute approximate surface area is 99.9 Å². The van der Waals surface area contributed by atoms with E-state index in [9.17, 15) is 0 Å².